The van der Waals surface area contributed by atoms with Crippen LogP contribution in [0.15, 0.2) is 86.5 Å². The molecule has 4 aromatic rings. The minimum absolute atomic E-state index is 0.0472. The highest BCUT2D eigenvalue weighted by atomic mass is 79.9. The smallest absolute Gasteiger partial charge is 0.450 e. The SMILES string of the molecule is O=C(Oc1ccc2c(=O)c(-c3ccc(Br)cc3)c(C(F)(F)F)oc2c1)c1ccccc1. The van der Waals surface area contributed by atoms with E-state index in [2.05, 4.69) is 15.9 Å². The van der Waals surface area contributed by atoms with Gasteiger partial charge >= 0.3 is 12.1 Å². The molecule has 31 heavy (non-hydrogen) atoms. The number of hydrogen-bond acceptors (Lipinski definition) is 4. The van der Waals surface area contributed by atoms with Crippen LogP contribution in [0.25, 0.3) is 22.1 Å². The Morgan fingerprint density at radius 1 is 0.935 bits per heavy atom. The summed E-state index contributed by atoms with van der Waals surface area (Å²) in [6.45, 7) is 0. The normalized spacial score (nSPS) is 11.5. The Hall–Kier alpha value is -3.39. The molecule has 0 bridgehead atoms. The molecule has 0 fully saturated rings. The van der Waals surface area contributed by atoms with Gasteiger partial charge in [0.2, 0.25) is 11.2 Å². The molecule has 0 unspecified atom stereocenters. The fourth-order valence-corrected chi connectivity index (χ4v) is 3.32. The number of fused-ring (bicyclic) bond motifs is 1. The zero-order chi connectivity index (χ0) is 22.2. The summed E-state index contributed by atoms with van der Waals surface area (Å²) in [5.41, 5.74) is -1.41. The Balaban J connectivity index is 1.84. The van der Waals surface area contributed by atoms with E-state index in [9.17, 15) is 22.8 Å². The van der Waals surface area contributed by atoms with E-state index in [0.29, 0.717) is 4.47 Å². The highest BCUT2D eigenvalue weighted by molar-refractivity contribution is 9.10. The second-order valence-corrected chi connectivity index (χ2v) is 7.47. The molecule has 0 aliphatic carbocycles. The van der Waals surface area contributed by atoms with Gasteiger partial charge in [-0.05, 0) is 42.0 Å². The molecule has 156 valence electrons. The number of hydrogen-bond donors (Lipinski definition) is 0. The standard InChI is InChI=1S/C23H12BrF3O4/c24-15-8-6-13(7-9-15)19-20(28)17-11-10-16(12-18(17)31-21(19)23(25,26)27)30-22(29)14-4-2-1-3-5-14/h1-12H. The maximum Gasteiger partial charge on any atom is 0.450 e. The Morgan fingerprint density at radius 2 is 1.61 bits per heavy atom. The number of halogens is 4. The Morgan fingerprint density at radius 3 is 2.26 bits per heavy atom. The maximum atomic E-state index is 13.7. The van der Waals surface area contributed by atoms with Gasteiger partial charge in [-0.2, -0.15) is 13.2 Å². The summed E-state index contributed by atoms with van der Waals surface area (Å²) in [7, 11) is 0. The first-order chi connectivity index (χ1) is 14.7. The molecule has 0 N–H and O–H groups in total. The fraction of sp³-hybridized carbons (Fsp3) is 0.0435. The van der Waals surface area contributed by atoms with Crippen molar-refractivity contribution in [2.75, 3.05) is 0 Å². The quantitative estimate of drug-likeness (QED) is 0.245. The van der Waals surface area contributed by atoms with Crippen LogP contribution in [0.4, 0.5) is 13.2 Å². The molecular weight excluding hydrogens is 477 g/mol. The van der Waals surface area contributed by atoms with Crippen LogP contribution in [-0.4, -0.2) is 5.97 Å². The van der Waals surface area contributed by atoms with Crippen molar-refractivity contribution in [2.24, 2.45) is 0 Å². The molecule has 4 rings (SSSR count). The minimum atomic E-state index is -4.91. The van der Waals surface area contributed by atoms with E-state index in [1.54, 1.807) is 18.2 Å². The van der Waals surface area contributed by atoms with Gasteiger partial charge in [-0.1, -0.05) is 46.3 Å². The summed E-state index contributed by atoms with van der Waals surface area (Å²) in [6, 6.07) is 17.7. The van der Waals surface area contributed by atoms with E-state index in [0.717, 1.165) is 6.07 Å². The molecule has 0 aliphatic rings. The lowest BCUT2D eigenvalue weighted by Gasteiger charge is -2.13. The molecule has 0 radical (unpaired) electrons. The van der Waals surface area contributed by atoms with Crippen LogP contribution in [0.3, 0.4) is 0 Å². The molecule has 8 heteroatoms. The number of esters is 1. The maximum absolute atomic E-state index is 13.7. The molecule has 0 saturated carbocycles. The molecule has 0 saturated heterocycles. The van der Waals surface area contributed by atoms with Gasteiger partial charge in [0, 0.05) is 10.5 Å². The van der Waals surface area contributed by atoms with Gasteiger partial charge in [-0.25, -0.2) is 4.79 Å². The number of carbonyl (C=O) groups excluding carboxylic acids is 1. The summed E-state index contributed by atoms with van der Waals surface area (Å²) in [5.74, 6) is -2.15. The van der Waals surface area contributed by atoms with Gasteiger partial charge in [0.1, 0.15) is 11.3 Å². The van der Waals surface area contributed by atoms with Crippen molar-refractivity contribution in [1.82, 2.24) is 0 Å². The van der Waals surface area contributed by atoms with Crippen LogP contribution in [0, 0.1) is 0 Å². The fourth-order valence-electron chi connectivity index (χ4n) is 3.06. The molecule has 0 atom stereocenters. The molecule has 1 aromatic heterocycles. The number of rotatable bonds is 3. The Labute approximate surface area is 182 Å². The molecule has 0 aliphatic heterocycles. The average Bonchev–Trinajstić information content (AvgIpc) is 2.74. The summed E-state index contributed by atoms with van der Waals surface area (Å²) in [4.78, 5) is 25.2. The van der Waals surface area contributed by atoms with E-state index in [1.165, 1.54) is 48.5 Å². The van der Waals surface area contributed by atoms with E-state index >= 15 is 0 Å². The van der Waals surface area contributed by atoms with Crippen LogP contribution >= 0.6 is 15.9 Å². The van der Waals surface area contributed by atoms with Gasteiger partial charge in [-0.3, -0.25) is 4.79 Å². The molecule has 3 aromatic carbocycles. The van der Waals surface area contributed by atoms with E-state index < -0.39 is 28.9 Å². The molecule has 0 amide bonds. The summed E-state index contributed by atoms with van der Waals surface area (Å²) >= 11 is 3.21. The van der Waals surface area contributed by atoms with Crippen molar-refractivity contribution in [1.29, 1.82) is 0 Å². The first kappa shape index (κ1) is 20.9. The highest BCUT2D eigenvalue weighted by Crippen LogP contribution is 2.38. The summed E-state index contributed by atoms with van der Waals surface area (Å²) in [6.07, 6.45) is -4.91. The van der Waals surface area contributed by atoms with Crippen molar-refractivity contribution < 1.29 is 27.1 Å². The van der Waals surface area contributed by atoms with Crippen LogP contribution < -0.4 is 10.2 Å². The lowest BCUT2D eigenvalue weighted by molar-refractivity contribution is -0.152. The predicted octanol–water partition coefficient (Wildman–Crippen LogP) is 6.46. The average molecular weight is 489 g/mol. The van der Waals surface area contributed by atoms with Crippen molar-refractivity contribution in [3.05, 3.63) is 98.8 Å². The molecule has 1 heterocycles. The largest absolute Gasteiger partial charge is 0.450 e. The van der Waals surface area contributed by atoms with Crippen molar-refractivity contribution in [2.45, 2.75) is 6.18 Å². The number of benzene rings is 3. The number of ether oxygens (including phenoxy) is 1. The molecule has 0 spiro atoms. The number of carbonyl (C=O) groups is 1. The zero-order valence-electron chi connectivity index (χ0n) is 15.6. The Kier molecular flexibility index (Phi) is 5.41. The second kappa shape index (κ2) is 8.03. The van der Waals surface area contributed by atoms with Crippen LogP contribution in [0.5, 0.6) is 5.75 Å². The predicted molar refractivity (Wildman–Crippen MR) is 112 cm³/mol. The molecular formula is C23H12BrF3O4. The Bertz CT molecular complexity index is 1330. The first-order valence-electron chi connectivity index (χ1n) is 8.95. The van der Waals surface area contributed by atoms with Crippen molar-refractivity contribution in [3.8, 4) is 16.9 Å². The van der Waals surface area contributed by atoms with E-state index in [4.69, 9.17) is 9.15 Å². The third kappa shape index (κ3) is 4.25. The lowest BCUT2D eigenvalue weighted by atomic mass is 10.0. The van der Waals surface area contributed by atoms with Crippen molar-refractivity contribution in [3.63, 3.8) is 0 Å². The van der Waals surface area contributed by atoms with Gasteiger partial charge in [0.25, 0.3) is 0 Å². The third-order valence-corrected chi connectivity index (χ3v) is 5.00. The lowest BCUT2D eigenvalue weighted by Crippen LogP contribution is -2.16. The van der Waals surface area contributed by atoms with E-state index in [1.807, 2.05) is 0 Å². The topological polar surface area (TPSA) is 56.5 Å². The van der Waals surface area contributed by atoms with Crippen molar-refractivity contribution >= 4 is 32.9 Å². The monoisotopic (exact) mass is 488 g/mol. The van der Waals surface area contributed by atoms with Crippen LogP contribution in [-0.2, 0) is 6.18 Å². The molecule has 4 nitrogen and oxygen atoms in total. The summed E-state index contributed by atoms with van der Waals surface area (Å²) in [5, 5.41) is -0.0644. The summed E-state index contributed by atoms with van der Waals surface area (Å²) < 4.78 is 52.2. The highest BCUT2D eigenvalue weighted by Gasteiger charge is 2.39. The van der Waals surface area contributed by atoms with E-state index in [-0.39, 0.29) is 27.8 Å². The first-order valence-corrected chi connectivity index (χ1v) is 9.74. The van der Waals surface area contributed by atoms with Crippen LogP contribution in [0.2, 0.25) is 0 Å². The van der Waals surface area contributed by atoms with Crippen LogP contribution in [0.1, 0.15) is 16.1 Å². The minimum Gasteiger partial charge on any atom is -0.450 e. The zero-order valence-corrected chi connectivity index (χ0v) is 17.2. The van der Waals surface area contributed by atoms with Gasteiger partial charge < -0.3 is 9.15 Å². The van der Waals surface area contributed by atoms with Gasteiger partial charge in [-0.15, -0.1) is 0 Å². The van der Waals surface area contributed by atoms with Gasteiger partial charge in [0.05, 0.1) is 16.5 Å². The number of alkyl halides is 3. The second-order valence-electron chi connectivity index (χ2n) is 6.55. The third-order valence-electron chi connectivity index (χ3n) is 4.47. The van der Waals surface area contributed by atoms with Gasteiger partial charge in [0.15, 0.2) is 0 Å².